The van der Waals surface area contributed by atoms with E-state index in [1.54, 1.807) is 18.2 Å². The maximum absolute atomic E-state index is 12.3. The lowest BCUT2D eigenvalue weighted by Crippen LogP contribution is -2.27. The van der Waals surface area contributed by atoms with Gasteiger partial charge in [0.2, 0.25) is 11.0 Å². The summed E-state index contributed by atoms with van der Waals surface area (Å²) in [4.78, 5) is 24.2. The number of hydrogen-bond donors (Lipinski definition) is 2. The highest BCUT2D eigenvalue weighted by Gasteiger charge is 2.12. The zero-order valence-electron chi connectivity index (χ0n) is 15.7. The number of nitrogens with zero attached hydrogens (tertiary/aromatic N) is 2. The van der Waals surface area contributed by atoms with Crippen LogP contribution in [0.2, 0.25) is 0 Å². The van der Waals surface area contributed by atoms with Gasteiger partial charge in [0, 0.05) is 31.0 Å². The molecule has 0 aliphatic rings. The van der Waals surface area contributed by atoms with E-state index in [9.17, 15) is 9.59 Å². The van der Waals surface area contributed by atoms with Crippen LogP contribution in [-0.4, -0.2) is 42.8 Å². The van der Waals surface area contributed by atoms with E-state index in [4.69, 9.17) is 9.47 Å². The molecule has 0 atom stereocenters. The van der Waals surface area contributed by atoms with Crippen molar-refractivity contribution in [3.63, 3.8) is 0 Å². The van der Waals surface area contributed by atoms with Gasteiger partial charge in [0.25, 0.3) is 5.91 Å². The average Bonchev–Trinajstić information content (AvgIpc) is 3.12. The summed E-state index contributed by atoms with van der Waals surface area (Å²) in [6, 6.07) is 4.90. The molecule has 2 N–H and O–H groups in total. The summed E-state index contributed by atoms with van der Waals surface area (Å²) in [6.45, 7) is 2.31. The Balaban J connectivity index is 1.80. The predicted octanol–water partition coefficient (Wildman–Crippen LogP) is 2.66. The second kappa shape index (κ2) is 10.5. The second-order valence-corrected chi connectivity index (χ2v) is 6.82. The Morgan fingerprint density at radius 3 is 2.44 bits per heavy atom. The predicted molar refractivity (Wildman–Crippen MR) is 104 cm³/mol. The molecule has 1 heterocycles. The molecule has 0 fully saturated rings. The molecule has 0 saturated carbocycles. The van der Waals surface area contributed by atoms with E-state index < -0.39 is 0 Å². The Labute approximate surface area is 162 Å². The summed E-state index contributed by atoms with van der Waals surface area (Å²) in [7, 11) is 3.03. The zero-order valence-corrected chi connectivity index (χ0v) is 16.5. The van der Waals surface area contributed by atoms with E-state index in [0.29, 0.717) is 22.2 Å². The molecule has 1 aromatic carbocycles. The Morgan fingerprint density at radius 2 is 1.81 bits per heavy atom. The lowest BCUT2D eigenvalue weighted by molar-refractivity contribution is -0.116. The second-order valence-electron chi connectivity index (χ2n) is 5.76. The lowest BCUT2D eigenvalue weighted by atomic mass is 10.2. The van der Waals surface area contributed by atoms with Crippen molar-refractivity contribution in [2.24, 2.45) is 0 Å². The number of carbonyl (C=O) groups is 2. The van der Waals surface area contributed by atoms with Gasteiger partial charge >= 0.3 is 0 Å². The summed E-state index contributed by atoms with van der Waals surface area (Å²) in [5.41, 5.74) is 0.399. The monoisotopic (exact) mass is 392 g/mol. The summed E-state index contributed by atoms with van der Waals surface area (Å²) in [5, 5.41) is 14.8. The van der Waals surface area contributed by atoms with E-state index >= 15 is 0 Å². The first kappa shape index (κ1) is 20.6. The van der Waals surface area contributed by atoms with E-state index in [0.717, 1.165) is 24.3 Å². The van der Waals surface area contributed by atoms with Crippen molar-refractivity contribution in [3.8, 4) is 11.5 Å². The molecule has 27 heavy (non-hydrogen) atoms. The third-order valence-electron chi connectivity index (χ3n) is 3.71. The van der Waals surface area contributed by atoms with Crippen LogP contribution in [0.5, 0.6) is 11.5 Å². The largest absolute Gasteiger partial charge is 0.497 e. The Morgan fingerprint density at radius 1 is 1.11 bits per heavy atom. The minimum absolute atomic E-state index is 0.136. The number of methoxy groups -OCH3 is 2. The fourth-order valence-corrected chi connectivity index (χ4v) is 3.04. The van der Waals surface area contributed by atoms with Crippen molar-refractivity contribution >= 4 is 28.3 Å². The molecule has 0 spiro atoms. The first-order chi connectivity index (χ1) is 13.0. The van der Waals surface area contributed by atoms with Crippen molar-refractivity contribution in [2.75, 3.05) is 26.1 Å². The number of ether oxygens (including phenoxy) is 2. The Bertz CT molecular complexity index is 756. The van der Waals surface area contributed by atoms with E-state index in [2.05, 4.69) is 27.8 Å². The SMILES string of the molecule is CCCCc1nnc(NC(=O)CCNC(=O)c2cc(OC)cc(OC)c2)s1. The minimum Gasteiger partial charge on any atom is -0.497 e. The van der Waals surface area contributed by atoms with Gasteiger partial charge in [-0.15, -0.1) is 10.2 Å². The topological polar surface area (TPSA) is 102 Å². The maximum atomic E-state index is 12.3. The molecule has 2 rings (SSSR count). The highest BCUT2D eigenvalue weighted by atomic mass is 32.1. The number of nitrogens with one attached hydrogen (secondary N) is 2. The van der Waals surface area contributed by atoms with Crippen LogP contribution in [-0.2, 0) is 11.2 Å². The van der Waals surface area contributed by atoms with Gasteiger partial charge in [-0.25, -0.2) is 0 Å². The van der Waals surface area contributed by atoms with Crippen LogP contribution >= 0.6 is 11.3 Å². The summed E-state index contributed by atoms with van der Waals surface area (Å²) in [5.74, 6) is 0.509. The van der Waals surface area contributed by atoms with Crippen molar-refractivity contribution in [1.29, 1.82) is 0 Å². The third kappa shape index (κ3) is 6.52. The normalized spacial score (nSPS) is 10.3. The molecule has 0 bridgehead atoms. The molecule has 2 amide bonds. The summed E-state index contributed by atoms with van der Waals surface area (Å²) in [6.07, 6.45) is 3.13. The fourth-order valence-electron chi connectivity index (χ4n) is 2.25. The summed E-state index contributed by atoms with van der Waals surface area (Å²) >= 11 is 1.38. The van der Waals surface area contributed by atoms with Gasteiger partial charge in [0.15, 0.2) is 0 Å². The first-order valence-electron chi connectivity index (χ1n) is 8.69. The smallest absolute Gasteiger partial charge is 0.251 e. The van der Waals surface area contributed by atoms with Crippen molar-refractivity contribution in [3.05, 3.63) is 28.8 Å². The van der Waals surface area contributed by atoms with Crippen LogP contribution in [0, 0.1) is 0 Å². The quantitative estimate of drug-likeness (QED) is 0.644. The standard InChI is InChI=1S/C18H24N4O4S/c1-4-5-6-16-21-22-18(27-16)20-15(23)7-8-19-17(24)12-9-13(25-2)11-14(10-12)26-3/h9-11H,4-8H2,1-3H3,(H,19,24)(H,20,22,23). The van der Waals surface area contributed by atoms with Crippen LogP contribution in [0.15, 0.2) is 18.2 Å². The fraction of sp³-hybridized carbons (Fsp3) is 0.444. The molecule has 2 aromatic rings. The highest BCUT2D eigenvalue weighted by molar-refractivity contribution is 7.15. The number of rotatable bonds is 10. The maximum Gasteiger partial charge on any atom is 0.251 e. The number of hydrogen-bond acceptors (Lipinski definition) is 7. The van der Waals surface area contributed by atoms with Crippen molar-refractivity contribution in [1.82, 2.24) is 15.5 Å². The van der Waals surface area contributed by atoms with Gasteiger partial charge in [-0.05, 0) is 18.6 Å². The van der Waals surface area contributed by atoms with E-state index in [1.165, 1.54) is 25.6 Å². The molecule has 0 aliphatic carbocycles. The van der Waals surface area contributed by atoms with Gasteiger partial charge in [0.05, 0.1) is 14.2 Å². The lowest BCUT2D eigenvalue weighted by Gasteiger charge is -2.09. The van der Waals surface area contributed by atoms with Gasteiger partial charge < -0.3 is 20.1 Å². The van der Waals surface area contributed by atoms with Crippen LogP contribution < -0.4 is 20.1 Å². The number of anilines is 1. The number of unbranched alkanes of at least 4 members (excludes halogenated alkanes) is 1. The van der Waals surface area contributed by atoms with Crippen LogP contribution in [0.1, 0.15) is 41.6 Å². The van der Waals surface area contributed by atoms with E-state index in [1.807, 2.05) is 0 Å². The van der Waals surface area contributed by atoms with Crippen molar-refractivity contribution < 1.29 is 19.1 Å². The minimum atomic E-state index is -0.308. The molecule has 8 nitrogen and oxygen atoms in total. The zero-order chi connectivity index (χ0) is 19.6. The Hall–Kier alpha value is -2.68. The number of aryl methyl sites for hydroxylation is 1. The molecular formula is C18H24N4O4S. The molecule has 0 unspecified atom stereocenters. The molecule has 0 saturated heterocycles. The van der Waals surface area contributed by atoms with Gasteiger partial charge in [-0.1, -0.05) is 24.7 Å². The molecule has 0 aliphatic heterocycles. The Kier molecular flexibility index (Phi) is 8.00. The van der Waals surface area contributed by atoms with Gasteiger partial charge in [0.1, 0.15) is 16.5 Å². The number of amides is 2. The number of aromatic nitrogens is 2. The van der Waals surface area contributed by atoms with Crippen LogP contribution in [0.4, 0.5) is 5.13 Å². The molecular weight excluding hydrogens is 368 g/mol. The summed E-state index contributed by atoms with van der Waals surface area (Å²) < 4.78 is 10.3. The highest BCUT2D eigenvalue weighted by Crippen LogP contribution is 2.22. The van der Waals surface area contributed by atoms with E-state index in [-0.39, 0.29) is 24.8 Å². The van der Waals surface area contributed by atoms with Crippen LogP contribution in [0.3, 0.4) is 0 Å². The molecule has 0 radical (unpaired) electrons. The average molecular weight is 392 g/mol. The molecule has 146 valence electrons. The van der Waals surface area contributed by atoms with Crippen molar-refractivity contribution in [2.45, 2.75) is 32.6 Å². The van der Waals surface area contributed by atoms with Gasteiger partial charge in [-0.3, -0.25) is 9.59 Å². The first-order valence-corrected chi connectivity index (χ1v) is 9.50. The number of carbonyl (C=O) groups excluding carboxylic acids is 2. The van der Waals surface area contributed by atoms with Gasteiger partial charge in [-0.2, -0.15) is 0 Å². The third-order valence-corrected chi connectivity index (χ3v) is 4.61. The molecule has 9 heteroatoms. The number of benzene rings is 1. The van der Waals surface area contributed by atoms with Crippen LogP contribution in [0.25, 0.3) is 0 Å². The molecule has 1 aromatic heterocycles.